The number of likely N-dealkylation sites (tertiary alicyclic amines) is 1. The second kappa shape index (κ2) is 9.41. The van der Waals surface area contributed by atoms with Crippen LogP contribution in [0.1, 0.15) is 59.3 Å². The molecule has 1 aliphatic carbocycles. The molecular formula is C25H31N3O2. The van der Waals surface area contributed by atoms with Gasteiger partial charge in [0.2, 0.25) is 5.91 Å². The maximum Gasteiger partial charge on any atom is 0.255 e. The van der Waals surface area contributed by atoms with E-state index in [1.54, 1.807) is 6.20 Å². The molecule has 2 amide bonds. The molecule has 0 radical (unpaired) electrons. The van der Waals surface area contributed by atoms with E-state index in [0.717, 1.165) is 62.9 Å². The summed E-state index contributed by atoms with van der Waals surface area (Å²) in [6.07, 6.45) is 8.49. The first-order valence-corrected chi connectivity index (χ1v) is 11.2. The van der Waals surface area contributed by atoms with E-state index >= 15 is 0 Å². The molecule has 2 fully saturated rings. The summed E-state index contributed by atoms with van der Waals surface area (Å²) < 4.78 is 0. The summed E-state index contributed by atoms with van der Waals surface area (Å²) in [6.45, 7) is 3.52. The molecule has 5 nitrogen and oxygen atoms in total. The van der Waals surface area contributed by atoms with Crippen molar-refractivity contribution >= 4 is 11.8 Å². The van der Waals surface area contributed by atoms with Crippen molar-refractivity contribution in [3.05, 3.63) is 65.0 Å². The van der Waals surface area contributed by atoms with Crippen LogP contribution >= 0.6 is 0 Å². The fraction of sp³-hybridized carbons (Fsp3) is 0.480. The van der Waals surface area contributed by atoms with Gasteiger partial charge in [-0.15, -0.1) is 0 Å². The molecule has 0 bridgehead atoms. The average molecular weight is 406 g/mol. The molecule has 1 N–H and O–H groups in total. The number of nitrogens with zero attached hydrogens (tertiary/aromatic N) is 2. The molecule has 2 aromatic rings. The Balaban J connectivity index is 1.22. The topological polar surface area (TPSA) is 62.3 Å². The number of benzene rings is 1. The molecule has 0 unspecified atom stereocenters. The summed E-state index contributed by atoms with van der Waals surface area (Å²) in [6, 6.07) is 12.8. The largest absolute Gasteiger partial charge is 0.353 e. The number of nitrogens with one attached hydrogen (secondary N) is 1. The van der Waals surface area contributed by atoms with E-state index in [1.165, 1.54) is 11.1 Å². The number of piperidine rings is 1. The molecule has 4 rings (SSSR count). The third-order valence-corrected chi connectivity index (χ3v) is 6.27. The molecular weight excluding hydrogens is 374 g/mol. The van der Waals surface area contributed by atoms with E-state index in [-0.39, 0.29) is 11.8 Å². The summed E-state index contributed by atoms with van der Waals surface area (Å²) in [5.41, 5.74) is 4.08. The number of aromatic nitrogens is 1. The number of hydrogen-bond acceptors (Lipinski definition) is 3. The lowest BCUT2D eigenvalue weighted by molar-refractivity contribution is -0.121. The van der Waals surface area contributed by atoms with Gasteiger partial charge in [0.1, 0.15) is 0 Å². The highest BCUT2D eigenvalue weighted by atomic mass is 16.2. The lowest BCUT2D eigenvalue weighted by Gasteiger charge is -2.32. The van der Waals surface area contributed by atoms with Crippen molar-refractivity contribution in [1.82, 2.24) is 15.2 Å². The lowest BCUT2D eigenvalue weighted by atomic mass is 9.89. The molecule has 158 valence electrons. The van der Waals surface area contributed by atoms with Crippen LogP contribution in [0.3, 0.4) is 0 Å². The van der Waals surface area contributed by atoms with Gasteiger partial charge >= 0.3 is 0 Å². The van der Waals surface area contributed by atoms with Crippen LogP contribution < -0.4 is 5.32 Å². The second-order valence-electron chi connectivity index (χ2n) is 8.73. The fourth-order valence-electron chi connectivity index (χ4n) is 4.18. The monoisotopic (exact) mass is 405 g/mol. The quantitative estimate of drug-likeness (QED) is 0.764. The Morgan fingerprint density at radius 1 is 1.03 bits per heavy atom. The molecule has 2 heterocycles. The van der Waals surface area contributed by atoms with Crippen LogP contribution in [0.2, 0.25) is 0 Å². The van der Waals surface area contributed by atoms with Crippen molar-refractivity contribution in [3.8, 4) is 0 Å². The van der Waals surface area contributed by atoms with Gasteiger partial charge in [-0.25, -0.2) is 0 Å². The molecule has 1 aliphatic heterocycles. The van der Waals surface area contributed by atoms with E-state index in [0.29, 0.717) is 18.4 Å². The SMILES string of the molecule is Cc1ncccc1C(=O)N1CCC(Cc2ccc(CCC(=O)NC3CC3)cc2)CC1. The van der Waals surface area contributed by atoms with Gasteiger partial charge in [0, 0.05) is 37.4 Å². The van der Waals surface area contributed by atoms with Crippen molar-refractivity contribution in [2.75, 3.05) is 13.1 Å². The minimum Gasteiger partial charge on any atom is -0.353 e. The molecule has 1 aromatic heterocycles. The number of rotatable bonds is 7. The molecule has 0 spiro atoms. The Morgan fingerprint density at radius 3 is 2.40 bits per heavy atom. The lowest BCUT2D eigenvalue weighted by Crippen LogP contribution is -2.39. The molecule has 0 atom stereocenters. The van der Waals surface area contributed by atoms with E-state index in [9.17, 15) is 9.59 Å². The highest BCUT2D eigenvalue weighted by Gasteiger charge is 2.25. The van der Waals surface area contributed by atoms with Crippen LogP contribution in [-0.2, 0) is 17.6 Å². The Morgan fingerprint density at radius 2 is 1.73 bits per heavy atom. The summed E-state index contributed by atoms with van der Waals surface area (Å²) in [7, 11) is 0. The van der Waals surface area contributed by atoms with Crippen molar-refractivity contribution in [3.63, 3.8) is 0 Å². The fourth-order valence-corrected chi connectivity index (χ4v) is 4.18. The normalized spacial score (nSPS) is 17.0. The Bertz CT molecular complexity index is 882. The summed E-state index contributed by atoms with van der Waals surface area (Å²) >= 11 is 0. The summed E-state index contributed by atoms with van der Waals surface area (Å²) in [5.74, 6) is 0.887. The first-order valence-electron chi connectivity index (χ1n) is 11.2. The maximum absolute atomic E-state index is 12.8. The Hall–Kier alpha value is -2.69. The predicted molar refractivity (Wildman–Crippen MR) is 117 cm³/mol. The number of amides is 2. The minimum absolute atomic E-state index is 0.106. The third-order valence-electron chi connectivity index (χ3n) is 6.27. The van der Waals surface area contributed by atoms with Crippen LogP contribution in [0.4, 0.5) is 0 Å². The first-order chi connectivity index (χ1) is 14.6. The van der Waals surface area contributed by atoms with E-state index in [2.05, 4.69) is 34.6 Å². The number of carbonyl (C=O) groups excluding carboxylic acids is 2. The van der Waals surface area contributed by atoms with Gasteiger partial charge in [0.05, 0.1) is 5.56 Å². The van der Waals surface area contributed by atoms with Gasteiger partial charge in [-0.3, -0.25) is 14.6 Å². The van der Waals surface area contributed by atoms with Gasteiger partial charge in [0.25, 0.3) is 5.91 Å². The van der Waals surface area contributed by atoms with E-state index in [1.807, 2.05) is 24.0 Å². The molecule has 2 aliphatic rings. The van der Waals surface area contributed by atoms with Crippen molar-refractivity contribution < 1.29 is 9.59 Å². The standard InChI is InChI=1S/C25H31N3O2/c1-18-23(3-2-14-26-18)25(30)28-15-12-21(13-16-28)17-20-6-4-19(5-7-20)8-11-24(29)27-22-9-10-22/h2-7,14,21-22H,8-13,15-17H2,1H3,(H,27,29). The van der Waals surface area contributed by atoms with Gasteiger partial charge in [-0.1, -0.05) is 24.3 Å². The Labute approximate surface area is 178 Å². The van der Waals surface area contributed by atoms with Crippen LogP contribution in [0, 0.1) is 12.8 Å². The van der Waals surface area contributed by atoms with Crippen molar-refractivity contribution in [2.24, 2.45) is 5.92 Å². The predicted octanol–water partition coefficient (Wildman–Crippen LogP) is 3.70. The van der Waals surface area contributed by atoms with Crippen LogP contribution in [0.25, 0.3) is 0 Å². The zero-order valence-electron chi connectivity index (χ0n) is 17.8. The summed E-state index contributed by atoms with van der Waals surface area (Å²) in [4.78, 5) is 30.8. The van der Waals surface area contributed by atoms with Gasteiger partial charge < -0.3 is 10.2 Å². The van der Waals surface area contributed by atoms with Crippen LogP contribution in [0.5, 0.6) is 0 Å². The van der Waals surface area contributed by atoms with Crippen molar-refractivity contribution in [2.45, 2.75) is 57.9 Å². The van der Waals surface area contributed by atoms with Gasteiger partial charge in [0.15, 0.2) is 0 Å². The maximum atomic E-state index is 12.8. The molecule has 5 heteroatoms. The van der Waals surface area contributed by atoms with E-state index < -0.39 is 0 Å². The number of carbonyl (C=O) groups is 2. The molecule has 1 saturated carbocycles. The highest BCUT2D eigenvalue weighted by molar-refractivity contribution is 5.95. The van der Waals surface area contributed by atoms with Gasteiger partial charge in [-0.05, 0) is 74.6 Å². The molecule has 1 aromatic carbocycles. The number of hydrogen-bond donors (Lipinski definition) is 1. The third kappa shape index (κ3) is 5.47. The Kier molecular flexibility index (Phi) is 6.46. The molecule has 1 saturated heterocycles. The zero-order chi connectivity index (χ0) is 20.9. The minimum atomic E-state index is 0.106. The van der Waals surface area contributed by atoms with E-state index in [4.69, 9.17) is 0 Å². The summed E-state index contributed by atoms with van der Waals surface area (Å²) in [5, 5.41) is 3.04. The smallest absolute Gasteiger partial charge is 0.255 e. The number of aryl methyl sites for hydroxylation is 2. The molecule has 30 heavy (non-hydrogen) atoms. The second-order valence-corrected chi connectivity index (χ2v) is 8.73. The number of pyridine rings is 1. The van der Waals surface area contributed by atoms with Crippen LogP contribution in [-0.4, -0.2) is 40.8 Å². The average Bonchev–Trinajstić information content (AvgIpc) is 3.58. The first kappa shape index (κ1) is 20.6. The van der Waals surface area contributed by atoms with Gasteiger partial charge in [-0.2, -0.15) is 0 Å². The van der Waals surface area contributed by atoms with Crippen LogP contribution in [0.15, 0.2) is 42.6 Å². The zero-order valence-corrected chi connectivity index (χ0v) is 17.8. The van der Waals surface area contributed by atoms with Crippen molar-refractivity contribution in [1.29, 1.82) is 0 Å². The highest BCUT2D eigenvalue weighted by Crippen LogP contribution is 2.24.